The Kier molecular flexibility index (Phi) is 5.92. The summed E-state index contributed by atoms with van der Waals surface area (Å²) in [5, 5.41) is 0. The van der Waals surface area contributed by atoms with Crippen molar-refractivity contribution in [2.75, 3.05) is 27.4 Å². The van der Waals surface area contributed by atoms with Gasteiger partial charge in [0.25, 0.3) is 0 Å². The smallest absolute Gasteiger partial charge is 0.387 e. The maximum Gasteiger partial charge on any atom is 0.387 e. The Bertz CT molecular complexity index is 571. The average molecular weight is 327 g/mol. The van der Waals surface area contributed by atoms with E-state index in [0.717, 1.165) is 6.42 Å². The van der Waals surface area contributed by atoms with Gasteiger partial charge in [-0.15, -0.1) is 0 Å². The Morgan fingerprint density at radius 2 is 2.22 bits per heavy atom. The number of carbonyl (C=O) groups excluding carboxylic acids is 1. The molecule has 1 aliphatic rings. The number of carbonyl (C=O) groups is 1. The van der Waals surface area contributed by atoms with Crippen molar-refractivity contribution in [2.45, 2.75) is 19.1 Å². The fourth-order valence-corrected chi connectivity index (χ4v) is 2.27. The molecule has 0 aliphatic carbocycles. The van der Waals surface area contributed by atoms with Gasteiger partial charge in [-0.1, -0.05) is 6.07 Å². The third-order valence-corrected chi connectivity index (χ3v) is 3.62. The van der Waals surface area contributed by atoms with E-state index in [0.29, 0.717) is 18.8 Å². The van der Waals surface area contributed by atoms with Crippen LogP contribution in [0.2, 0.25) is 0 Å². The van der Waals surface area contributed by atoms with Crippen LogP contribution in [-0.4, -0.2) is 50.8 Å². The lowest BCUT2D eigenvalue weighted by atomic mass is 10.1. The molecule has 0 bridgehead atoms. The van der Waals surface area contributed by atoms with E-state index in [4.69, 9.17) is 9.47 Å². The van der Waals surface area contributed by atoms with E-state index >= 15 is 0 Å². The first-order valence-electron chi connectivity index (χ1n) is 7.16. The number of benzene rings is 1. The summed E-state index contributed by atoms with van der Waals surface area (Å²) < 4.78 is 39.2. The van der Waals surface area contributed by atoms with Crippen LogP contribution in [0.3, 0.4) is 0 Å². The highest BCUT2D eigenvalue weighted by molar-refractivity contribution is 5.91. The molecular weight excluding hydrogens is 308 g/mol. The monoisotopic (exact) mass is 327 g/mol. The van der Waals surface area contributed by atoms with Gasteiger partial charge < -0.3 is 19.1 Å². The molecule has 0 N–H and O–H groups in total. The number of ether oxygens (including phenoxy) is 3. The van der Waals surface area contributed by atoms with Crippen LogP contribution in [0.25, 0.3) is 6.08 Å². The minimum Gasteiger partial charge on any atom is -0.493 e. The molecule has 0 aromatic heterocycles. The first kappa shape index (κ1) is 17.2. The summed E-state index contributed by atoms with van der Waals surface area (Å²) in [5.74, 6) is -0.0176. The second-order valence-electron chi connectivity index (χ2n) is 5.09. The zero-order valence-corrected chi connectivity index (χ0v) is 13.0. The number of alkyl halides is 2. The Labute approximate surface area is 133 Å². The highest BCUT2D eigenvalue weighted by atomic mass is 19.3. The molecule has 2 rings (SSSR count). The molecule has 0 saturated carbocycles. The topological polar surface area (TPSA) is 48.0 Å². The molecule has 0 radical (unpaired) electrons. The highest BCUT2D eigenvalue weighted by Crippen LogP contribution is 2.29. The Morgan fingerprint density at radius 1 is 1.43 bits per heavy atom. The lowest BCUT2D eigenvalue weighted by molar-refractivity contribution is -0.126. The second-order valence-corrected chi connectivity index (χ2v) is 5.09. The molecule has 0 spiro atoms. The quantitative estimate of drug-likeness (QED) is 0.754. The van der Waals surface area contributed by atoms with E-state index < -0.39 is 6.61 Å². The van der Waals surface area contributed by atoms with Crippen molar-refractivity contribution in [1.82, 2.24) is 4.90 Å². The fourth-order valence-electron chi connectivity index (χ4n) is 2.27. The van der Waals surface area contributed by atoms with Crippen LogP contribution in [-0.2, 0) is 9.53 Å². The van der Waals surface area contributed by atoms with Gasteiger partial charge in [0.15, 0.2) is 11.5 Å². The van der Waals surface area contributed by atoms with Gasteiger partial charge in [0, 0.05) is 19.7 Å². The van der Waals surface area contributed by atoms with Gasteiger partial charge in [-0.3, -0.25) is 4.79 Å². The maximum atomic E-state index is 12.3. The first-order valence-corrected chi connectivity index (χ1v) is 7.16. The number of amides is 1. The molecule has 1 amide bonds. The number of halogens is 2. The van der Waals surface area contributed by atoms with Crippen LogP contribution in [0.4, 0.5) is 8.78 Å². The van der Waals surface area contributed by atoms with Gasteiger partial charge in [0.1, 0.15) is 0 Å². The highest BCUT2D eigenvalue weighted by Gasteiger charge is 2.22. The van der Waals surface area contributed by atoms with Gasteiger partial charge in [-0.25, -0.2) is 0 Å². The third kappa shape index (κ3) is 4.66. The first-order chi connectivity index (χ1) is 11.0. The molecule has 126 valence electrons. The Morgan fingerprint density at radius 3 is 2.83 bits per heavy atom. The number of rotatable bonds is 6. The zero-order chi connectivity index (χ0) is 16.8. The number of likely N-dealkylation sites (N-methyl/N-ethyl adjacent to an activating group) is 1. The summed E-state index contributed by atoms with van der Waals surface area (Å²) in [6.45, 7) is -1.72. The summed E-state index contributed by atoms with van der Waals surface area (Å²) >= 11 is 0. The van der Waals surface area contributed by atoms with Crippen molar-refractivity contribution < 1.29 is 27.8 Å². The van der Waals surface area contributed by atoms with Crippen molar-refractivity contribution in [2.24, 2.45) is 0 Å². The molecule has 7 heteroatoms. The summed E-state index contributed by atoms with van der Waals surface area (Å²) in [4.78, 5) is 13.7. The van der Waals surface area contributed by atoms with E-state index in [-0.39, 0.29) is 23.4 Å². The predicted octanol–water partition coefficient (Wildman–Crippen LogP) is 2.56. The van der Waals surface area contributed by atoms with Crippen molar-refractivity contribution in [1.29, 1.82) is 0 Å². The third-order valence-electron chi connectivity index (χ3n) is 3.62. The van der Waals surface area contributed by atoms with Gasteiger partial charge in [-0.2, -0.15) is 8.78 Å². The van der Waals surface area contributed by atoms with Crippen molar-refractivity contribution >= 4 is 12.0 Å². The molecule has 1 aromatic carbocycles. The average Bonchev–Trinajstić information content (AvgIpc) is 3.06. The number of methoxy groups -OCH3 is 1. The zero-order valence-electron chi connectivity index (χ0n) is 13.0. The van der Waals surface area contributed by atoms with Crippen molar-refractivity contribution in [3.05, 3.63) is 29.8 Å². The van der Waals surface area contributed by atoms with E-state index in [9.17, 15) is 13.6 Å². The lowest BCUT2D eigenvalue weighted by Crippen LogP contribution is -2.36. The van der Waals surface area contributed by atoms with Crippen molar-refractivity contribution in [3.63, 3.8) is 0 Å². The van der Waals surface area contributed by atoms with E-state index in [2.05, 4.69) is 4.74 Å². The van der Waals surface area contributed by atoms with Crippen LogP contribution in [0.5, 0.6) is 11.5 Å². The molecular formula is C16H19F2NO4. The molecule has 1 aromatic rings. The second kappa shape index (κ2) is 7.92. The Hall–Kier alpha value is -2.15. The van der Waals surface area contributed by atoms with Crippen LogP contribution in [0, 0.1) is 0 Å². The summed E-state index contributed by atoms with van der Waals surface area (Å²) in [6, 6.07) is 4.57. The summed E-state index contributed by atoms with van der Waals surface area (Å²) in [7, 11) is 3.09. The van der Waals surface area contributed by atoms with E-state index in [1.54, 1.807) is 24.1 Å². The predicted molar refractivity (Wildman–Crippen MR) is 80.7 cm³/mol. The standard InChI is InChI=1S/C16H19F2NO4/c1-19(12-7-8-22-10-12)15(20)6-4-11-3-5-13(23-16(17)18)14(9-11)21-2/h3-6,9,12,16H,7-8,10H2,1-2H3/b6-4+. The molecule has 1 saturated heterocycles. The Balaban J connectivity index is 2.05. The molecule has 23 heavy (non-hydrogen) atoms. The molecule has 1 atom stereocenters. The van der Waals surface area contributed by atoms with Crippen LogP contribution in [0.1, 0.15) is 12.0 Å². The van der Waals surface area contributed by atoms with Crippen LogP contribution in [0.15, 0.2) is 24.3 Å². The molecule has 1 aliphatic heterocycles. The summed E-state index contributed by atoms with van der Waals surface area (Å²) in [6.07, 6.45) is 3.85. The minimum atomic E-state index is -2.92. The van der Waals surface area contributed by atoms with Gasteiger partial charge in [0.05, 0.1) is 19.8 Å². The molecule has 1 unspecified atom stereocenters. The number of hydrogen-bond donors (Lipinski definition) is 0. The minimum absolute atomic E-state index is 0.0498. The lowest BCUT2D eigenvalue weighted by Gasteiger charge is -2.21. The number of nitrogens with zero attached hydrogens (tertiary/aromatic N) is 1. The number of hydrogen-bond acceptors (Lipinski definition) is 4. The SMILES string of the molecule is COc1cc(/C=C/C(=O)N(C)C2CCOC2)ccc1OC(F)F. The molecule has 1 fully saturated rings. The van der Waals surface area contributed by atoms with Crippen molar-refractivity contribution in [3.8, 4) is 11.5 Å². The molecule has 1 heterocycles. The van der Waals surface area contributed by atoms with E-state index in [1.165, 1.54) is 25.3 Å². The largest absolute Gasteiger partial charge is 0.493 e. The maximum absolute atomic E-state index is 12.3. The van der Waals surface area contributed by atoms with E-state index in [1.807, 2.05) is 0 Å². The fraction of sp³-hybridized carbons (Fsp3) is 0.438. The molecule has 5 nitrogen and oxygen atoms in total. The van der Waals surface area contributed by atoms with Gasteiger partial charge >= 0.3 is 6.61 Å². The van der Waals surface area contributed by atoms with Gasteiger partial charge in [-0.05, 0) is 30.2 Å². The van der Waals surface area contributed by atoms with Crippen LogP contribution < -0.4 is 9.47 Å². The normalized spacial score (nSPS) is 17.7. The van der Waals surface area contributed by atoms with Crippen LogP contribution >= 0.6 is 0 Å². The summed E-state index contributed by atoms with van der Waals surface area (Å²) in [5.41, 5.74) is 0.646. The van der Waals surface area contributed by atoms with Gasteiger partial charge in [0.2, 0.25) is 5.91 Å².